The zero-order valence-corrected chi connectivity index (χ0v) is 12.6. The summed E-state index contributed by atoms with van der Waals surface area (Å²) in [6.45, 7) is 11.1. The molecule has 0 aliphatic heterocycles. The number of hydrogen-bond donors (Lipinski definition) is 1. The molecule has 0 aliphatic carbocycles. The van der Waals surface area contributed by atoms with Gasteiger partial charge in [0.25, 0.3) is 5.91 Å². The van der Waals surface area contributed by atoms with E-state index in [1.165, 1.54) is 15.6 Å². The third kappa shape index (κ3) is 2.38. The number of carbonyl (C=O) groups excluding carboxylic acids is 1. The Labute approximate surface area is 103 Å². The molecule has 2 nitrogen and oxygen atoms in total. The molecule has 0 saturated carbocycles. The minimum atomic E-state index is -1.49. The maximum absolute atomic E-state index is 11.5. The van der Waals surface area contributed by atoms with Crippen molar-refractivity contribution in [1.82, 2.24) is 0 Å². The van der Waals surface area contributed by atoms with E-state index < -0.39 is 8.07 Å². The standard InChI is InChI=1S/C12H21NOSSi/c1-6-8-9(7-2)15-10(12(13)14)11(8)16(3,4)5/h6-7H2,1-5H3,(H2,13,14). The van der Waals surface area contributed by atoms with Crippen LogP contribution in [0.15, 0.2) is 0 Å². The van der Waals surface area contributed by atoms with Gasteiger partial charge in [-0.1, -0.05) is 33.5 Å². The van der Waals surface area contributed by atoms with E-state index in [0.717, 1.165) is 17.7 Å². The van der Waals surface area contributed by atoms with Gasteiger partial charge in [0, 0.05) is 4.88 Å². The van der Waals surface area contributed by atoms with Crippen LogP contribution >= 0.6 is 11.3 Å². The molecular formula is C12H21NOSSi. The summed E-state index contributed by atoms with van der Waals surface area (Å²) in [5.41, 5.74) is 6.89. The van der Waals surface area contributed by atoms with Crippen molar-refractivity contribution >= 4 is 30.5 Å². The molecule has 1 rings (SSSR count). The molecule has 16 heavy (non-hydrogen) atoms. The lowest BCUT2D eigenvalue weighted by atomic mass is 10.1. The third-order valence-corrected chi connectivity index (χ3v) is 6.36. The lowest BCUT2D eigenvalue weighted by Crippen LogP contribution is -2.43. The summed E-state index contributed by atoms with van der Waals surface area (Å²) in [5, 5.41) is 1.30. The Morgan fingerprint density at radius 2 is 1.81 bits per heavy atom. The van der Waals surface area contributed by atoms with Crippen molar-refractivity contribution in [2.75, 3.05) is 0 Å². The predicted molar refractivity (Wildman–Crippen MR) is 74.6 cm³/mol. The Bertz CT molecular complexity index is 404. The molecule has 1 amide bonds. The molecule has 0 aromatic carbocycles. The quantitative estimate of drug-likeness (QED) is 0.825. The Hall–Kier alpha value is -0.613. The Morgan fingerprint density at radius 1 is 1.25 bits per heavy atom. The SMILES string of the molecule is CCc1sc(C(N)=O)c([Si](C)(C)C)c1CC. The van der Waals surface area contributed by atoms with Gasteiger partial charge >= 0.3 is 0 Å². The lowest BCUT2D eigenvalue weighted by Gasteiger charge is -2.19. The third-order valence-electron chi connectivity index (χ3n) is 2.74. The fraction of sp³-hybridized carbons (Fsp3) is 0.583. The second-order valence-electron chi connectivity index (χ2n) is 5.03. The number of hydrogen-bond acceptors (Lipinski definition) is 2. The largest absolute Gasteiger partial charge is 0.365 e. The van der Waals surface area contributed by atoms with Crippen LogP contribution in [0.3, 0.4) is 0 Å². The summed E-state index contributed by atoms with van der Waals surface area (Å²) in [5.74, 6) is -0.253. The molecule has 0 spiro atoms. The van der Waals surface area contributed by atoms with E-state index in [2.05, 4.69) is 33.5 Å². The highest BCUT2D eigenvalue weighted by Crippen LogP contribution is 2.25. The molecule has 0 atom stereocenters. The number of aryl methyl sites for hydroxylation is 1. The van der Waals surface area contributed by atoms with Crippen molar-refractivity contribution in [3.8, 4) is 0 Å². The van der Waals surface area contributed by atoms with Crippen molar-refractivity contribution in [2.24, 2.45) is 5.73 Å². The molecular weight excluding hydrogens is 234 g/mol. The first-order valence-electron chi connectivity index (χ1n) is 5.77. The Balaban J connectivity index is 3.51. The maximum atomic E-state index is 11.5. The minimum absolute atomic E-state index is 0.253. The number of amides is 1. The van der Waals surface area contributed by atoms with Gasteiger partial charge < -0.3 is 5.73 Å². The van der Waals surface area contributed by atoms with E-state index in [1.54, 1.807) is 11.3 Å². The van der Waals surface area contributed by atoms with Crippen molar-refractivity contribution < 1.29 is 4.79 Å². The highest BCUT2D eigenvalue weighted by atomic mass is 32.1. The summed E-state index contributed by atoms with van der Waals surface area (Å²) in [6.07, 6.45) is 2.01. The first kappa shape index (κ1) is 13.5. The van der Waals surface area contributed by atoms with Crippen LogP contribution in [0.1, 0.15) is 34.0 Å². The van der Waals surface area contributed by atoms with E-state index in [9.17, 15) is 4.79 Å². The van der Waals surface area contributed by atoms with E-state index in [1.807, 2.05) is 0 Å². The molecule has 90 valence electrons. The number of rotatable bonds is 4. The molecule has 0 bridgehead atoms. The van der Waals surface area contributed by atoms with Crippen LogP contribution < -0.4 is 10.9 Å². The molecule has 0 fully saturated rings. The average molecular weight is 255 g/mol. The lowest BCUT2D eigenvalue weighted by molar-refractivity contribution is 0.100. The topological polar surface area (TPSA) is 43.1 Å². The zero-order valence-electron chi connectivity index (χ0n) is 10.8. The maximum Gasteiger partial charge on any atom is 0.258 e. The second kappa shape index (κ2) is 4.71. The van der Waals surface area contributed by atoms with Gasteiger partial charge in [0.15, 0.2) is 0 Å². The normalized spacial score (nSPS) is 11.8. The highest BCUT2D eigenvalue weighted by Gasteiger charge is 2.29. The predicted octanol–water partition coefficient (Wildman–Crippen LogP) is 2.52. The average Bonchev–Trinajstić information content (AvgIpc) is 2.55. The van der Waals surface area contributed by atoms with Crippen LogP contribution in [0, 0.1) is 0 Å². The van der Waals surface area contributed by atoms with Crippen LogP contribution in [0.5, 0.6) is 0 Å². The van der Waals surface area contributed by atoms with Crippen LogP contribution in [-0.2, 0) is 12.8 Å². The number of carbonyl (C=O) groups is 1. The summed E-state index contributed by atoms with van der Waals surface area (Å²) in [4.78, 5) is 13.7. The van der Waals surface area contributed by atoms with Gasteiger partial charge in [0.2, 0.25) is 0 Å². The summed E-state index contributed by atoms with van der Waals surface area (Å²) in [7, 11) is -1.49. The van der Waals surface area contributed by atoms with Crippen LogP contribution in [0.2, 0.25) is 19.6 Å². The van der Waals surface area contributed by atoms with Gasteiger partial charge in [-0.05, 0) is 23.6 Å². The number of nitrogens with two attached hydrogens (primary N) is 1. The van der Waals surface area contributed by atoms with Gasteiger partial charge in [-0.3, -0.25) is 4.79 Å². The summed E-state index contributed by atoms with van der Waals surface area (Å²) < 4.78 is 0. The van der Waals surface area contributed by atoms with E-state index in [0.29, 0.717) is 0 Å². The van der Waals surface area contributed by atoms with E-state index >= 15 is 0 Å². The van der Waals surface area contributed by atoms with Crippen LogP contribution in [0.4, 0.5) is 0 Å². The van der Waals surface area contributed by atoms with Gasteiger partial charge in [0.05, 0.1) is 13.0 Å². The monoisotopic (exact) mass is 255 g/mol. The molecule has 1 aromatic heterocycles. The highest BCUT2D eigenvalue weighted by molar-refractivity contribution is 7.17. The van der Waals surface area contributed by atoms with Crippen molar-refractivity contribution in [3.63, 3.8) is 0 Å². The van der Waals surface area contributed by atoms with Gasteiger partial charge in [-0.15, -0.1) is 11.3 Å². The van der Waals surface area contributed by atoms with E-state index in [-0.39, 0.29) is 5.91 Å². The molecule has 0 radical (unpaired) electrons. The van der Waals surface area contributed by atoms with Gasteiger partial charge in [0.1, 0.15) is 0 Å². The number of thiophene rings is 1. The molecule has 0 saturated heterocycles. The molecule has 0 unspecified atom stereocenters. The number of primary amides is 1. The second-order valence-corrected chi connectivity index (χ2v) is 11.1. The fourth-order valence-electron chi connectivity index (χ4n) is 2.14. The molecule has 0 aliphatic rings. The van der Waals surface area contributed by atoms with Crippen molar-refractivity contribution in [3.05, 3.63) is 15.3 Å². The molecule has 4 heteroatoms. The van der Waals surface area contributed by atoms with E-state index in [4.69, 9.17) is 5.73 Å². The first-order chi connectivity index (χ1) is 7.32. The molecule has 2 N–H and O–H groups in total. The van der Waals surface area contributed by atoms with Crippen LogP contribution in [0.25, 0.3) is 0 Å². The van der Waals surface area contributed by atoms with Gasteiger partial charge in [-0.2, -0.15) is 0 Å². The molecule has 1 heterocycles. The summed E-state index contributed by atoms with van der Waals surface area (Å²) in [6, 6.07) is 0. The summed E-state index contributed by atoms with van der Waals surface area (Å²) >= 11 is 1.61. The van der Waals surface area contributed by atoms with Gasteiger partial charge in [-0.25, -0.2) is 0 Å². The first-order valence-corrected chi connectivity index (χ1v) is 10.1. The van der Waals surface area contributed by atoms with Crippen molar-refractivity contribution in [1.29, 1.82) is 0 Å². The Kier molecular flexibility index (Phi) is 3.96. The smallest absolute Gasteiger partial charge is 0.258 e. The Morgan fingerprint density at radius 3 is 2.12 bits per heavy atom. The molecule has 1 aromatic rings. The fourth-order valence-corrected chi connectivity index (χ4v) is 6.42. The minimum Gasteiger partial charge on any atom is -0.365 e. The van der Waals surface area contributed by atoms with Crippen molar-refractivity contribution in [2.45, 2.75) is 46.3 Å². The zero-order chi connectivity index (χ0) is 12.5. The van der Waals surface area contributed by atoms with Crippen LogP contribution in [-0.4, -0.2) is 14.0 Å².